The summed E-state index contributed by atoms with van der Waals surface area (Å²) in [6, 6.07) is 9.10. The molecule has 0 aliphatic rings. The first-order valence-electron chi connectivity index (χ1n) is 5.63. The minimum atomic E-state index is -0.515. The fourth-order valence-electron chi connectivity index (χ4n) is 1.53. The summed E-state index contributed by atoms with van der Waals surface area (Å²) < 4.78 is 0. The first-order valence-corrected chi connectivity index (χ1v) is 5.63. The van der Waals surface area contributed by atoms with Crippen molar-refractivity contribution in [1.82, 2.24) is 10.6 Å². The maximum atomic E-state index is 11.7. The van der Waals surface area contributed by atoms with Crippen LogP contribution in [0.2, 0.25) is 0 Å². The van der Waals surface area contributed by atoms with Crippen LogP contribution in [0.4, 0.5) is 0 Å². The van der Waals surface area contributed by atoms with Gasteiger partial charge in [-0.15, -0.1) is 0 Å². The number of rotatable bonds is 4. The molecule has 2 unspecified atom stereocenters. The van der Waals surface area contributed by atoms with E-state index in [1.165, 1.54) is 6.92 Å². The van der Waals surface area contributed by atoms with Gasteiger partial charge in [0.1, 0.15) is 6.04 Å². The largest absolute Gasteiger partial charge is 0.348 e. The molecular formula is C13H18N2O2. The molecule has 0 spiro atoms. The van der Waals surface area contributed by atoms with Crippen LogP contribution in [0, 0.1) is 0 Å². The number of nitrogens with one attached hydrogen (secondary N) is 2. The van der Waals surface area contributed by atoms with Gasteiger partial charge in [0.15, 0.2) is 0 Å². The van der Waals surface area contributed by atoms with Crippen LogP contribution in [0.5, 0.6) is 0 Å². The van der Waals surface area contributed by atoms with Crippen molar-refractivity contribution >= 4 is 11.8 Å². The van der Waals surface area contributed by atoms with Crippen LogP contribution in [-0.4, -0.2) is 17.9 Å². The highest BCUT2D eigenvalue weighted by molar-refractivity contribution is 5.86. The highest BCUT2D eigenvalue weighted by Crippen LogP contribution is 2.10. The maximum absolute atomic E-state index is 11.7. The molecule has 4 nitrogen and oxygen atoms in total. The number of carbonyl (C=O) groups is 2. The molecule has 0 heterocycles. The van der Waals surface area contributed by atoms with E-state index in [9.17, 15) is 9.59 Å². The van der Waals surface area contributed by atoms with Crippen molar-refractivity contribution in [2.45, 2.75) is 32.9 Å². The molecule has 2 N–H and O–H groups in total. The maximum Gasteiger partial charge on any atom is 0.242 e. The van der Waals surface area contributed by atoms with Crippen molar-refractivity contribution in [3.63, 3.8) is 0 Å². The van der Waals surface area contributed by atoms with E-state index in [1.54, 1.807) is 6.92 Å². The summed E-state index contributed by atoms with van der Waals surface area (Å²) in [5.41, 5.74) is 1.04. The van der Waals surface area contributed by atoms with Gasteiger partial charge in [0, 0.05) is 6.92 Å². The molecule has 1 aromatic carbocycles. The number of amides is 2. The Labute approximate surface area is 101 Å². The molecule has 4 heteroatoms. The van der Waals surface area contributed by atoms with E-state index >= 15 is 0 Å². The summed E-state index contributed by atoms with van der Waals surface area (Å²) >= 11 is 0. The van der Waals surface area contributed by atoms with E-state index in [2.05, 4.69) is 10.6 Å². The summed E-state index contributed by atoms with van der Waals surface area (Å²) in [7, 11) is 0. The van der Waals surface area contributed by atoms with Gasteiger partial charge in [0.2, 0.25) is 11.8 Å². The molecule has 0 saturated heterocycles. The van der Waals surface area contributed by atoms with Gasteiger partial charge in [-0.25, -0.2) is 0 Å². The first-order chi connectivity index (χ1) is 8.00. The summed E-state index contributed by atoms with van der Waals surface area (Å²) in [5, 5.41) is 5.40. The lowest BCUT2D eigenvalue weighted by atomic mass is 10.1. The van der Waals surface area contributed by atoms with Crippen molar-refractivity contribution in [3.8, 4) is 0 Å². The van der Waals surface area contributed by atoms with E-state index in [0.29, 0.717) is 0 Å². The molecule has 1 rings (SSSR count). The first kappa shape index (κ1) is 13.2. The Hall–Kier alpha value is -1.84. The molecule has 0 fully saturated rings. The van der Waals surface area contributed by atoms with Crippen LogP contribution >= 0.6 is 0 Å². The second kappa shape index (κ2) is 6.03. The van der Waals surface area contributed by atoms with Crippen LogP contribution in [0.25, 0.3) is 0 Å². The Morgan fingerprint density at radius 3 is 2.18 bits per heavy atom. The Morgan fingerprint density at radius 2 is 1.65 bits per heavy atom. The Kier molecular flexibility index (Phi) is 4.69. The topological polar surface area (TPSA) is 58.2 Å². The Bertz CT molecular complexity index is 390. The Morgan fingerprint density at radius 1 is 1.06 bits per heavy atom. The predicted molar refractivity (Wildman–Crippen MR) is 66.3 cm³/mol. The molecule has 0 bridgehead atoms. The van der Waals surface area contributed by atoms with Gasteiger partial charge < -0.3 is 10.6 Å². The quantitative estimate of drug-likeness (QED) is 0.827. The van der Waals surface area contributed by atoms with E-state index in [0.717, 1.165) is 5.56 Å². The molecule has 0 aromatic heterocycles. The lowest BCUT2D eigenvalue weighted by Gasteiger charge is -2.18. The van der Waals surface area contributed by atoms with Gasteiger partial charge in [-0.1, -0.05) is 30.3 Å². The fraction of sp³-hybridized carbons (Fsp3) is 0.385. The van der Waals surface area contributed by atoms with Crippen LogP contribution in [0.3, 0.4) is 0 Å². The highest BCUT2D eigenvalue weighted by atomic mass is 16.2. The van der Waals surface area contributed by atoms with Crippen LogP contribution < -0.4 is 10.6 Å². The SMILES string of the molecule is CC(=O)NC(C)C(=O)NC(C)c1ccccc1. The van der Waals surface area contributed by atoms with E-state index in [1.807, 2.05) is 37.3 Å². The van der Waals surface area contributed by atoms with Crippen LogP contribution in [0.1, 0.15) is 32.4 Å². The van der Waals surface area contributed by atoms with Crippen molar-refractivity contribution in [1.29, 1.82) is 0 Å². The Balaban J connectivity index is 2.54. The van der Waals surface area contributed by atoms with Gasteiger partial charge in [0.25, 0.3) is 0 Å². The lowest BCUT2D eigenvalue weighted by molar-refractivity contribution is -0.128. The third-order valence-corrected chi connectivity index (χ3v) is 2.47. The zero-order valence-electron chi connectivity index (χ0n) is 10.4. The van der Waals surface area contributed by atoms with Crippen molar-refractivity contribution in [2.24, 2.45) is 0 Å². The number of carbonyl (C=O) groups excluding carboxylic acids is 2. The molecule has 92 valence electrons. The predicted octanol–water partition coefficient (Wildman–Crippen LogP) is 1.39. The summed E-state index contributed by atoms with van der Waals surface area (Å²) in [6.45, 7) is 4.96. The van der Waals surface area contributed by atoms with Gasteiger partial charge in [-0.3, -0.25) is 9.59 Å². The molecule has 0 saturated carbocycles. The molecule has 2 amide bonds. The molecule has 1 aromatic rings. The second-order valence-electron chi connectivity index (χ2n) is 4.06. The second-order valence-corrected chi connectivity index (χ2v) is 4.06. The molecule has 17 heavy (non-hydrogen) atoms. The average Bonchev–Trinajstić information content (AvgIpc) is 2.29. The normalized spacial score (nSPS) is 13.6. The monoisotopic (exact) mass is 234 g/mol. The van der Waals surface area contributed by atoms with Crippen molar-refractivity contribution < 1.29 is 9.59 Å². The minimum absolute atomic E-state index is 0.0695. The van der Waals surface area contributed by atoms with Crippen LogP contribution in [-0.2, 0) is 9.59 Å². The third-order valence-electron chi connectivity index (χ3n) is 2.47. The molecular weight excluding hydrogens is 216 g/mol. The standard InChI is InChI=1S/C13H18N2O2/c1-9(12-7-5-4-6-8-12)15-13(17)10(2)14-11(3)16/h4-10H,1-3H3,(H,14,16)(H,15,17). The van der Waals surface area contributed by atoms with Crippen molar-refractivity contribution in [2.75, 3.05) is 0 Å². The molecule has 0 aliphatic heterocycles. The van der Waals surface area contributed by atoms with Gasteiger partial charge in [0.05, 0.1) is 6.04 Å². The fourth-order valence-corrected chi connectivity index (χ4v) is 1.53. The summed E-state index contributed by atoms with van der Waals surface area (Å²) in [6.07, 6.45) is 0. The number of hydrogen-bond acceptors (Lipinski definition) is 2. The minimum Gasteiger partial charge on any atom is -0.348 e. The van der Waals surface area contributed by atoms with Gasteiger partial charge in [-0.05, 0) is 19.4 Å². The highest BCUT2D eigenvalue weighted by Gasteiger charge is 2.16. The van der Waals surface area contributed by atoms with E-state index in [-0.39, 0.29) is 17.9 Å². The lowest BCUT2D eigenvalue weighted by Crippen LogP contribution is -2.44. The van der Waals surface area contributed by atoms with Gasteiger partial charge in [-0.2, -0.15) is 0 Å². The van der Waals surface area contributed by atoms with E-state index in [4.69, 9.17) is 0 Å². The summed E-state index contributed by atoms with van der Waals surface area (Å²) in [4.78, 5) is 22.6. The number of hydrogen-bond donors (Lipinski definition) is 2. The molecule has 2 atom stereocenters. The zero-order chi connectivity index (χ0) is 12.8. The number of benzene rings is 1. The van der Waals surface area contributed by atoms with Crippen molar-refractivity contribution in [3.05, 3.63) is 35.9 Å². The third kappa shape index (κ3) is 4.26. The average molecular weight is 234 g/mol. The van der Waals surface area contributed by atoms with Crippen LogP contribution in [0.15, 0.2) is 30.3 Å². The zero-order valence-corrected chi connectivity index (χ0v) is 10.4. The molecule has 0 aliphatic carbocycles. The van der Waals surface area contributed by atoms with Gasteiger partial charge >= 0.3 is 0 Å². The molecule has 0 radical (unpaired) electrons. The van der Waals surface area contributed by atoms with E-state index < -0.39 is 6.04 Å². The smallest absolute Gasteiger partial charge is 0.242 e. The summed E-state index contributed by atoms with van der Waals surface area (Å²) in [5.74, 6) is -0.392.